The van der Waals surface area contributed by atoms with E-state index >= 15 is 0 Å². The minimum atomic E-state index is -1.05. The standard InChI is InChI=1S/C11H7N3O2/c12-7-9-6-8(11(15)16)2-3-10(9)14-5-1-4-13-14/h1-6H,(H,15,16). The highest BCUT2D eigenvalue weighted by Gasteiger charge is 2.09. The smallest absolute Gasteiger partial charge is 0.335 e. The van der Waals surface area contributed by atoms with Crippen LogP contribution in [0.3, 0.4) is 0 Å². The Morgan fingerprint density at radius 3 is 2.88 bits per heavy atom. The molecule has 5 heteroatoms. The molecule has 0 spiro atoms. The third-order valence-electron chi connectivity index (χ3n) is 2.12. The largest absolute Gasteiger partial charge is 0.478 e. The average Bonchev–Trinajstić information content (AvgIpc) is 2.81. The summed E-state index contributed by atoms with van der Waals surface area (Å²) in [6.07, 6.45) is 3.28. The molecule has 0 fully saturated rings. The molecule has 5 nitrogen and oxygen atoms in total. The lowest BCUT2D eigenvalue weighted by molar-refractivity contribution is 0.0697. The Morgan fingerprint density at radius 1 is 1.50 bits per heavy atom. The molecule has 0 saturated carbocycles. The number of aromatic nitrogens is 2. The first-order chi connectivity index (χ1) is 7.72. The van der Waals surface area contributed by atoms with Gasteiger partial charge in [-0.2, -0.15) is 10.4 Å². The lowest BCUT2D eigenvalue weighted by atomic mass is 10.1. The van der Waals surface area contributed by atoms with Crippen LogP contribution in [-0.4, -0.2) is 20.9 Å². The zero-order valence-electron chi connectivity index (χ0n) is 8.16. The number of aromatic carboxylic acids is 1. The van der Waals surface area contributed by atoms with Gasteiger partial charge in [0, 0.05) is 12.4 Å². The second-order valence-corrected chi connectivity index (χ2v) is 3.10. The molecule has 1 heterocycles. The number of carboxylic acid groups (broad SMARTS) is 1. The van der Waals surface area contributed by atoms with E-state index in [1.165, 1.54) is 16.8 Å². The van der Waals surface area contributed by atoms with E-state index in [1.807, 2.05) is 6.07 Å². The van der Waals surface area contributed by atoms with Gasteiger partial charge in [0.25, 0.3) is 0 Å². The van der Waals surface area contributed by atoms with Crippen LogP contribution in [0.2, 0.25) is 0 Å². The van der Waals surface area contributed by atoms with Crippen molar-refractivity contribution in [2.24, 2.45) is 0 Å². The Balaban J connectivity index is 2.57. The Bertz CT molecular complexity index is 567. The zero-order chi connectivity index (χ0) is 11.5. The zero-order valence-corrected chi connectivity index (χ0v) is 8.16. The second-order valence-electron chi connectivity index (χ2n) is 3.10. The summed E-state index contributed by atoms with van der Waals surface area (Å²) in [4.78, 5) is 10.7. The Kier molecular flexibility index (Phi) is 2.40. The molecular formula is C11H7N3O2. The van der Waals surface area contributed by atoms with E-state index in [0.29, 0.717) is 5.69 Å². The fraction of sp³-hybridized carbons (Fsp3) is 0. The van der Waals surface area contributed by atoms with Crippen molar-refractivity contribution >= 4 is 5.97 Å². The molecule has 1 aromatic heterocycles. The Hall–Kier alpha value is -2.61. The van der Waals surface area contributed by atoms with Gasteiger partial charge in [0.15, 0.2) is 0 Å². The molecule has 1 N–H and O–H groups in total. The monoisotopic (exact) mass is 213 g/mol. The van der Waals surface area contributed by atoms with Crippen molar-refractivity contribution in [1.29, 1.82) is 5.26 Å². The summed E-state index contributed by atoms with van der Waals surface area (Å²) < 4.78 is 1.52. The second kappa shape index (κ2) is 3.87. The fourth-order valence-corrected chi connectivity index (χ4v) is 1.37. The van der Waals surface area contributed by atoms with Gasteiger partial charge in [-0.25, -0.2) is 9.48 Å². The Labute approximate surface area is 91.2 Å². The number of nitriles is 1. The van der Waals surface area contributed by atoms with Crippen molar-refractivity contribution < 1.29 is 9.90 Å². The van der Waals surface area contributed by atoms with Crippen molar-refractivity contribution in [1.82, 2.24) is 9.78 Å². The van der Waals surface area contributed by atoms with E-state index in [2.05, 4.69) is 5.10 Å². The maximum atomic E-state index is 10.7. The summed E-state index contributed by atoms with van der Waals surface area (Å²) >= 11 is 0. The molecule has 0 bridgehead atoms. The van der Waals surface area contributed by atoms with Crippen molar-refractivity contribution in [3.63, 3.8) is 0 Å². The van der Waals surface area contributed by atoms with Gasteiger partial charge in [-0.05, 0) is 24.3 Å². The first-order valence-corrected chi connectivity index (χ1v) is 4.50. The number of benzene rings is 1. The number of hydrogen-bond acceptors (Lipinski definition) is 3. The van der Waals surface area contributed by atoms with Gasteiger partial charge in [0.1, 0.15) is 6.07 Å². The van der Waals surface area contributed by atoms with Gasteiger partial charge >= 0.3 is 5.97 Å². The van der Waals surface area contributed by atoms with Crippen LogP contribution in [0.1, 0.15) is 15.9 Å². The van der Waals surface area contributed by atoms with E-state index < -0.39 is 5.97 Å². The molecule has 0 amide bonds. The fourth-order valence-electron chi connectivity index (χ4n) is 1.37. The van der Waals surface area contributed by atoms with Crippen LogP contribution in [0.4, 0.5) is 0 Å². The van der Waals surface area contributed by atoms with Crippen LogP contribution >= 0.6 is 0 Å². The quantitative estimate of drug-likeness (QED) is 0.818. The summed E-state index contributed by atoms with van der Waals surface area (Å²) in [5.41, 5.74) is 0.938. The highest BCUT2D eigenvalue weighted by Crippen LogP contribution is 2.15. The van der Waals surface area contributed by atoms with E-state index in [0.717, 1.165) is 0 Å². The third kappa shape index (κ3) is 1.64. The van der Waals surface area contributed by atoms with Crippen LogP contribution < -0.4 is 0 Å². The minimum absolute atomic E-state index is 0.0902. The highest BCUT2D eigenvalue weighted by molar-refractivity contribution is 5.88. The molecule has 16 heavy (non-hydrogen) atoms. The molecule has 0 saturated heterocycles. The van der Waals surface area contributed by atoms with Crippen LogP contribution in [0, 0.1) is 11.3 Å². The van der Waals surface area contributed by atoms with Gasteiger partial charge in [0.05, 0.1) is 16.8 Å². The number of hydrogen-bond donors (Lipinski definition) is 1. The lowest BCUT2D eigenvalue weighted by Gasteiger charge is -2.04. The molecule has 2 aromatic rings. The molecule has 0 aliphatic rings. The molecule has 0 aliphatic heterocycles. The van der Waals surface area contributed by atoms with E-state index in [-0.39, 0.29) is 11.1 Å². The molecule has 0 radical (unpaired) electrons. The van der Waals surface area contributed by atoms with Crippen molar-refractivity contribution in [2.75, 3.05) is 0 Å². The van der Waals surface area contributed by atoms with Crippen LogP contribution in [0.25, 0.3) is 5.69 Å². The highest BCUT2D eigenvalue weighted by atomic mass is 16.4. The molecule has 1 aromatic carbocycles. The summed E-state index contributed by atoms with van der Waals surface area (Å²) in [5.74, 6) is -1.05. The van der Waals surface area contributed by atoms with Crippen LogP contribution in [-0.2, 0) is 0 Å². The molecular weight excluding hydrogens is 206 g/mol. The molecule has 0 atom stereocenters. The number of nitrogens with zero attached hydrogens (tertiary/aromatic N) is 3. The summed E-state index contributed by atoms with van der Waals surface area (Å²) in [5, 5.41) is 21.7. The average molecular weight is 213 g/mol. The molecule has 0 unspecified atom stereocenters. The number of carbonyl (C=O) groups is 1. The summed E-state index contributed by atoms with van der Waals surface area (Å²) in [6, 6.07) is 8.03. The van der Waals surface area contributed by atoms with E-state index in [4.69, 9.17) is 10.4 Å². The number of rotatable bonds is 2. The van der Waals surface area contributed by atoms with Gasteiger partial charge in [-0.3, -0.25) is 0 Å². The maximum absolute atomic E-state index is 10.7. The molecule has 0 aliphatic carbocycles. The topological polar surface area (TPSA) is 78.9 Å². The minimum Gasteiger partial charge on any atom is -0.478 e. The summed E-state index contributed by atoms with van der Waals surface area (Å²) in [7, 11) is 0. The van der Waals surface area contributed by atoms with Crippen LogP contribution in [0.15, 0.2) is 36.7 Å². The Morgan fingerprint density at radius 2 is 2.31 bits per heavy atom. The maximum Gasteiger partial charge on any atom is 0.335 e. The van der Waals surface area contributed by atoms with Crippen molar-refractivity contribution in [3.05, 3.63) is 47.8 Å². The van der Waals surface area contributed by atoms with Gasteiger partial charge < -0.3 is 5.11 Å². The predicted molar refractivity (Wildman–Crippen MR) is 55.2 cm³/mol. The first-order valence-electron chi connectivity index (χ1n) is 4.50. The van der Waals surface area contributed by atoms with Crippen LogP contribution in [0.5, 0.6) is 0 Å². The van der Waals surface area contributed by atoms with E-state index in [1.54, 1.807) is 24.5 Å². The SMILES string of the molecule is N#Cc1cc(C(=O)O)ccc1-n1cccn1. The van der Waals surface area contributed by atoms with Crippen molar-refractivity contribution in [3.8, 4) is 11.8 Å². The number of carboxylic acids is 1. The third-order valence-corrected chi connectivity index (χ3v) is 2.12. The van der Waals surface area contributed by atoms with Gasteiger partial charge in [-0.1, -0.05) is 0 Å². The summed E-state index contributed by atoms with van der Waals surface area (Å²) in [6.45, 7) is 0. The molecule has 2 rings (SSSR count). The lowest BCUT2D eigenvalue weighted by Crippen LogP contribution is -2.02. The first kappa shape index (κ1) is 9.93. The van der Waals surface area contributed by atoms with Gasteiger partial charge in [-0.15, -0.1) is 0 Å². The van der Waals surface area contributed by atoms with E-state index in [9.17, 15) is 4.79 Å². The predicted octanol–water partition coefficient (Wildman–Crippen LogP) is 1.44. The normalized spacial score (nSPS) is 9.69. The van der Waals surface area contributed by atoms with Gasteiger partial charge in [0.2, 0.25) is 0 Å². The molecule has 78 valence electrons. The van der Waals surface area contributed by atoms with Crippen molar-refractivity contribution in [2.45, 2.75) is 0 Å².